The Kier molecular flexibility index (Phi) is 5.83. The second-order valence-corrected chi connectivity index (χ2v) is 8.98. The van der Waals surface area contributed by atoms with Gasteiger partial charge in [0, 0.05) is 18.7 Å². The van der Waals surface area contributed by atoms with Gasteiger partial charge >= 0.3 is 0 Å². The predicted molar refractivity (Wildman–Crippen MR) is 104 cm³/mol. The highest BCUT2D eigenvalue weighted by Crippen LogP contribution is 2.22. The molecule has 0 radical (unpaired) electrons. The molecule has 2 atom stereocenters. The fourth-order valence-corrected chi connectivity index (χ4v) is 4.77. The van der Waals surface area contributed by atoms with Gasteiger partial charge in [0.15, 0.2) is 0 Å². The first-order chi connectivity index (χ1) is 13.2. The van der Waals surface area contributed by atoms with E-state index in [0.29, 0.717) is 0 Å². The number of nitrogens with zero attached hydrogens (tertiary/aromatic N) is 1. The summed E-state index contributed by atoms with van der Waals surface area (Å²) in [5.41, 5.74) is 1.13. The van der Waals surface area contributed by atoms with Crippen molar-refractivity contribution in [2.75, 3.05) is 18.4 Å². The Bertz CT molecular complexity index is 966. The zero-order chi connectivity index (χ0) is 20.5. The van der Waals surface area contributed by atoms with E-state index in [-0.39, 0.29) is 41.4 Å². The zero-order valence-corrected chi connectivity index (χ0v) is 16.8. The molecule has 0 saturated carbocycles. The van der Waals surface area contributed by atoms with Gasteiger partial charge in [-0.05, 0) is 62.7 Å². The number of carbonyl (C=O) groups is 1. The Morgan fingerprint density at radius 1 is 1.11 bits per heavy atom. The monoisotopic (exact) mass is 406 g/mol. The maximum atomic E-state index is 13.8. The molecule has 1 N–H and O–H groups in total. The van der Waals surface area contributed by atoms with Gasteiger partial charge in [-0.2, -0.15) is 4.31 Å². The van der Waals surface area contributed by atoms with E-state index >= 15 is 0 Å². The third-order valence-corrected chi connectivity index (χ3v) is 6.36. The van der Waals surface area contributed by atoms with Gasteiger partial charge in [0.2, 0.25) is 10.0 Å². The van der Waals surface area contributed by atoms with Crippen LogP contribution in [0.4, 0.5) is 10.1 Å². The first-order valence-electron chi connectivity index (χ1n) is 9.00. The molecular weight excluding hydrogens is 383 g/mol. The maximum absolute atomic E-state index is 13.8. The lowest BCUT2D eigenvalue weighted by Gasteiger charge is -2.34. The first-order valence-corrected chi connectivity index (χ1v) is 10.4. The Balaban J connectivity index is 1.77. The van der Waals surface area contributed by atoms with Gasteiger partial charge in [0.25, 0.3) is 5.91 Å². The minimum absolute atomic E-state index is 0.0815. The number of ether oxygens (including phenoxy) is 1. The van der Waals surface area contributed by atoms with E-state index in [9.17, 15) is 17.6 Å². The number of benzene rings is 2. The molecule has 2 unspecified atom stereocenters. The average Bonchev–Trinajstić information content (AvgIpc) is 2.64. The van der Waals surface area contributed by atoms with Crippen LogP contribution in [0, 0.1) is 12.7 Å². The summed E-state index contributed by atoms with van der Waals surface area (Å²) in [5, 5.41) is 2.51. The van der Waals surface area contributed by atoms with Crippen molar-refractivity contribution in [2.24, 2.45) is 0 Å². The van der Waals surface area contributed by atoms with Gasteiger partial charge in [0.05, 0.1) is 22.8 Å². The molecule has 2 aromatic carbocycles. The predicted octanol–water partition coefficient (Wildman–Crippen LogP) is 3.18. The number of morpholine rings is 1. The number of amides is 1. The third kappa shape index (κ3) is 4.40. The summed E-state index contributed by atoms with van der Waals surface area (Å²) >= 11 is 0. The summed E-state index contributed by atoms with van der Waals surface area (Å²) in [6.07, 6.45) is -0.374. The summed E-state index contributed by atoms with van der Waals surface area (Å²) in [6, 6.07) is 10.0. The van der Waals surface area contributed by atoms with Gasteiger partial charge in [0.1, 0.15) is 5.82 Å². The highest BCUT2D eigenvalue weighted by atomic mass is 32.2. The third-order valence-electron chi connectivity index (χ3n) is 4.51. The van der Waals surface area contributed by atoms with E-state index in [4.69, 9.17) is 4.74 Å². The van der Waals surface area contributed by atoms with Crippen LogP contribution in [0.15, 0.2) is 47.4 Å². The standard InChI is InChI=1S/C20H23FN2O4S/c1-13-4-9-18(21)19(10-13)22-20(24)16-5-7-17(8-6-16)28(25,26)23-11-14(2)27-15(3)12-23/h4-10,14-15H,11-12H2,1-3H3,(H,22,24). The molecule has 0 bridgehead atoms. The van der Waals surface area contributed by atoms with Crippen molar-refractivity contribution in [3.8, 4) is 0 Å². The molecule has 0 aliphatic carbocycles. The van der Waals surface area contributed by atoms with Crippen molar-refractivity contribution in [3.63, 3.8) is 0 Å². The number of sulfonamides is 1. The quantitative estimate of drug-likeness (QED) is 0.846. The summed E-state index contributed by atoms with van der Waals surface area (Å²) in [6.45, 7) is 6.01. The van der Waals surface area contributed by atoms with Crippen molar-refractivity contribution in [1.29, 1.82) is 0 Å². The molecule has 150 valence electrons. The van der Waals surface area contributed by atoms with Crippen LogP contribution in [0.1, 0.15) is 29.8 Å². The molecule has 1 saturated heterocycles. The minimum atomic E-state index is -3.68. The van der Waals surface area contributed by atoms with Crippen molar-refractivity contribution in [2.45, 2.75) is 37.9 Å². The lowest BCUT2D eigenvalue weighted by Crippen LogP contribution is -2.48. The van der Waals surface area contributed by atoms with Crippen LogP contribution >= 0.6 is 0 Å². The summed E-state index contributed by atoms with van der Waals surface area (Å²) in [4.78, 5) is 12.5. The largest absolute Gasteiger partial charge is 0.373 e. The summed E-state index contributed by atoms with van der Waals surface area (Å²) in [7, 11) is -3.68. The molecule has 1 amide bonds. The van der Waals surface area contributed by atoms with E-state index < -0.39 is 21.7 Å². The molecule has 1 aliphatic heterocycles. The molecule has 3 rings (SSSR count). The van der Waals surface area contributed by atoms with Gasteiger partial charge in [-0.3, -0.25) is 4.79 Å². The van der Waals surface area contributed by atoms with Crippen LogP contribution in [0.2, 0.25) is 0 Å². The van der Waals surface area contributed by atoms with Gasteiger partial charge in [-0.15, -0.1) is 0 Å². The molecule has 2 aromatic rings. The number of hydrogen-bond donors (Lipinski definition) is 1. The second-order valence-electron chi connectivity index (χ2n) is 7.04. The number of rotatable bonds is 4. The van der Waals surface area contributed by atoms with Crippen LogP contribution in [0.25, 0.3) is 0 Å². The molecular formula is C20H23FN2O4S. The Morgan fingerprint density at radius 3 is 2.32 bits per heavy atom. The van der Waals surface area contributed by atoms with Gasteiger partial charge < -0.3 is 10.1 Å². The summed E-state index contributed by atoms with van der Waals surface area (Å²) in [5.74, 6) is -1.05. The molecule has 6 nitrogen and oxygen atoms in total. The molecule has 1 fully saturated rings. The molecule has 1 heterocycles. The minimum Gasteiger partial charge on any atom is -0.373 e. The van der Waals surface area contributed by atoms with Crippen LogP contribution in [0.3, 0.4) is 0 Å². The van der Waals surface area contributed by atoms with Gasteiger partial charge in [-0.1, -0.05) is 6.07 Å². The van der Waals surface area contributed by atoms with Crippen LogP contribution in [-0.2, 0) is 14.8 Å². The number of nitrogens with one attached hydrogen (secondary N) is 1. The highest BCUT2D eigenvalue weighted by molar-refractivity contribution is 7.89. The van der Waals surface area contributed by atoms with Crippen LogP contribution in [-0.4, -0.2) is 43.9 Å². The molecule has 28 heavy (non-hydrogen) atoms. The Morgan fingerprint density at radius 2 is 1.71 bits per heavy atom. The van der Waals surface area contributed by atoms with Crippen LogP contribution in [0.5, 0.6) is 0 Å². The average molecular weight is 406 g/mol. The number of anilines is 1. The molecule has 0 aromatic heterocycles. The number of carbonyl (C=O) groups excluding carboxylic acids is 1. The number of halogens is 1. The molecule has 1 aliphatic rings. The number of hydrogen-bond acceptors (Lipinski definition) is 4. The van der Waals surface area contributed by atoms with Crippen molar-refractivity contribution in [1.82, 2.24) is 4.31 Å². The number of aryl methyl sites for hydroxylation is 1. The normalized spacial score (nSPS) is 20.7. The second kappa shape index (κ2) is 7.98. The SMILES string of the molecule is Cc1ccc(F)c(NC(=O)c2ccc(S(=O)(=O)N3CC(C)OC(C)C3)cc2)c1. The van der Waals surface area contributed by atoms with Gasteiger partial charge in [-0.25, -0.2) is 12.8 Å². The fourth-order valence-electron chi connectivity index (χ4n) is 3.18. The fraction of sp³-hybridized carbons (Fsp3) is 0.350. The topological polar surface area (TPSA) is 75.7 Å². The summed E-state index contributed by atoms with van der Waals surface area (Å²) < 4.78 is 46.5. The van der Waals surface area contributed by atoms with Crippen molar-refractivity contribution in [3.05, 3.63) is 59.4 Å². The van der Waals surface area contributed by atoms with E-state index in [1.165, 1.54) is 40.7 Å². The smallest absolute Gasteiger partial charge is 0.255 e. The lowest BCUT2D eigenvalue weighted by atomic mass is 10.2. The van der Waals surface area contributed by atoms with Crippen molar-refractivity contribution < 1.29 is 22.3 Å². The van der Waals surface area contributed by atoms with Crippen LogP contribution < -0.4 is 5.32 Å². The maximum Gasteiger partial charge on any atom is 0.255 e. The Labute approximate surface area is 164 Å². The van der Waals surface area contributed by atoms with E-state index in [2.05, 4.69) is 5.32 Å². The van der Waals surface area contributed by atoms with E-state index in [1.807, 2.05) is 13.8 Å². The first kappa shape index (κ1) is 20.4. The molecule has 8 heteroatoms. The Hall–Kier alpha value is -2.29. The zero-order valence-electron chi connectivity index (χ0n) is 16.0. The lowest BCUT2D eigenvalue weighted by molar-refractivity contribution is -0.0440. The van der Waals surface area contributed by atoms with E-state index in [1.54, 1.807) is 13.0 Å². The van der Waals surface area contributed by atoms with E-state index in [0.717, 1.165) is 5.56 Å². The van der Waals surface area contributed by atoms with Crippen molar-refractivity contribution >= 4 is 21.6 Å². The highest BCUT2D eigenvalue weighted by Gasteiger charge is 2.32. The molecule has 0 spiro atoms.